The Labute approximate surface area is 147 Å². The molecule has 0 amide bonds. The van der Waals surface area contributed by atoms with Crippen LogP contribution in [-0.4, -0.2) is 20.1 Å². The zero-order chi connectivity index (χ0) is 15.5. The molecule has 22 heavy (non-hydrogen) atoms. The molecule has 0 aliphatic carbocycles. The first-order chi connectivity index (χ1) is 10.7. The first kappa shape index (κ1) is 15.8. The minimum atomic E-state index is 0.373. The van der Waals surface area contributed by atoms with Gasteiger partial charge in [-0.3, -0.25) is 0 Å². The molecule has 0 fully saturated rings. The Hall–Kier alpha value is -1.07. The summed E-state index contributed by atoms with van der Waals surface area (Å²) in [6, 6.07) is 15.7. The standard InChI is InChI=1S/C19H23IN2/c1-14(15-6-4-3-5-7-15)22(2)19-17-11-13-21-12-10-16(17)8-9-18(19)20/h3-9,14,21H,10-13H2,1-2H3. The van der Waals surface area contributed by atoms with Crippen molar-refractivity contribution in [3.8, 4) is 0 Å². The maximum atomic E-state index is 3.52. The number of benzene rings is 2. The number of anilines is 1. The summed E-state index contributed by atoms with van der Waals surface area (Å²) >= 11 is 2.48. The Balaban J connectivity index is 2.00. The van der Waals surface area contributed by atoms with Crippen molar-refractivity contribution < 1.29 is 0 Å². The van der Waals surface area contributed by atoms with Gasteiger partial charge in [0.2, 0.25) is 0 Å². The fraction of sp³-hybridized carbons (Fsp3) is 0.368. The number of nitrogens with one attached hydrogen (secondary N) is 1. The summed E-state index contributed by atoms with van der Waals surface area (Å²) in [5.74, 6) is 0. The first-order valence-electron chi connectivity index (χ1n) is 7.97. The molecule has 1 heterocycles. The molecule has 0 saturated carbocycles. The van der Waals surface area contributed by atoms with Gasteiger partial charge in [0.25, 0.3) is 0 Å². The number of halogens is 1. The third-order valence-electron chi connectivity index (χ3n) is 4.67. The van der Waals surface area contributed by atoms with Gasteiger partial charge in [-0.15, -0.1) is 0 Å². The Bertz CT molecular complexity index is 639. The van der Waals surface area contributed by atoms with Crippen molar-refractivity contribution in [3.63, 3.8) is 0 Å². The van der Waals surface area contributed by atoms with Gasteiger partial charge in [-0.25, -0.2) is 0 Å². The van der Waals surface area contributed by atoms with E-state index in [2.05, 4.69) is 89.2 Å². The van der Waals surface area contributed by atoms with Crippen LogP contribution in [0.3, 0.4) is 0 Å². The molecule has 0 bridgehead atoms. The molecule has 2 aromatic rings. The summed E-state index contributed by atoms with van der Waals surface area (Å²) in [7, 11) is 2.23. The van der Waals surface area contributed by atoms with Gasteiger partial charge >= 0.3 is 0 Å². The van der Waals surface area contributed by atoms with Crippen LogP contribution >= 0.6 is 22.6 Å². The molecule has 0 aromatic heterocycles. The van der Waals surface area contributed by atoms with Gasteiger partial charge < -0.3 is 10.2 Å². The van der Waals surface area contributed by atoms with Crippen LogP contribution in [-0.2, 0) is 12.8 Å². The highest BCUT2D eigenvalue weighted by Crippen LogP contribution is 2.35. The lowest BCUT2D eigenvalue weighted by molar-refractivity contribution is 0.706. The highest BCUT2D eigenvalue weighted by Gasteiger charge is 2.21. The Morgan fingerprint density at radius 2 is 1.77 bits per heavy atom. The van der Waals surface area contributed by atoms with Crippen molar-refractivity contribution in [3.05, 3.63) is 62.7 Å². The predicted molar refractivity (Wildman–Crippen MR) is 103 cm³/mol. The van der Waals surface area contributed by atoms with Gasteiger partial charge in [-0.1, -0.05) is 36.4 Å². The SMILES string of the molecule is CC(c1ccccc1)N(C)c1c(I)ccc2c1CCNCC2. The van der Waals surface area contributed by atoms with E-state index in [-0.39, 0.29) is 0 Å². The van der Waals surface area contributed by atoms with Crippen LogP contribution < -0.4 is 10.2 Å². The van der Waals surface area contributed by atoms with Crippen molar-refractivity contribution in [2.45, 2.75) is 25.8 Å². The highest BCUT2D eigenvalue weighted by atomic mass is 127. The minimum absolute atomic E-state index is 0.373. The van der Waals surface area contributed by atoms with E-state index in [9.17, 15) is 0 Å². The van der Waals surface area contributed by atoms with E-state index in [1.165, 1.54) is 25.9 Å². The molecule has 1 aliphatic heterocycles. The molecule has 116 valence electrons. The summed E-state index contributed by atoms with van der Waals surface area (Å²) in [4.78, 5) is 2.45. The molecule has 1 unspecified atom stereocenters. The molecule has 1 N–H and O–H groups in total. The predicted octanol–water partition coefficient (Wildman–Crippen LogP) is 4.18. The second-order valence-corrected chi connectivity index (χ2v) is 7.14. The van der Waals surface area contributed by atoms with Crippen molar-refractivity contribution in [1.29, 1.82) is 0 Å². The fourth-order valence-electron chi connectivity index (χ4n) is 3.25. The van der Waals surface area contributed by atoms with Crippen LogP contribution in [0, 0.1) is 3.57 Å². The molecule has 0 saturated heterocycles. The quantitative estimate of drug-likeness (QED) is 0.770. The largest absolute Gasteiger partial charge is 0.367 e. The first-order valence-corrected chi connectivity index (χ1v) is 9.05. The molecule has 2 nitrogen and oxygen atoms in total. The van der Waals surface area contributed by atoms with Crippen molar-refractivity contribution >= 4 is 28.3 Å². The van der Waals surface area contributed by atoms with Crippen molar-refractivity contribution in [2.75, 3.05) is 25.0 Å². The zero-order valence-corrected chi connectivity index (χ0v) is 15.4. The third-order valence-corrected chi connectivity index (χ3v) is 5.54. The van der Waals surface area contributed by atoms with Crippen LogP contribution in [0.1, 0.15) is 29.7 Å². The average molecular weight is 406 g/mol. The van der Waals surface area contributed by atoms with Crippen LogP contribution in [0.2, 0.25) is 0 Å². The van der Waals surface area contributed by atoms with Crippen LogP contribution in [0.4, 0.5) is 5.69 Å². The van der Waals surface area contributed by atoms with Gasteiger partial charge in [-0.2, -0.15) is 0 Å². The third kappa shape index (κ3) is 3.15. The van der Waals surface area contributed by atoms with E-state index in [4.69, 9.17) is 0 Å². The zero-order valence-electron chi connectivity index (χ0n) is 13.3. The van der Waals surface area contributed by atoms with Crippen LogP contribution in [0.15, 0.2) is 42.5 Å². The Morgan fingerprint density at radius 3 is 2.55 bits per heavy atom. The van der Waals surface area contributed by atoms with Crippen molar-refractivity contribution in [2.24, 2.45) is 0 Å². The fourth-order valence-corrected chi connectivity index (χ4v) is 4.14. The second-order valence-electron chi connectivity index (χ2n) is 5.98. The summed E-state index contributed by atoms with van der Waals surface area (Å²) in [6.07, 6.45) is 2.25. The molecule has 3 rings (SSSR count). The van der Waals surface area contributed by atoms with Gasteiger partial charge in [0.15, 0.2) is 0 Å². The van der Waals surface area contributed by atoms with E-state index in [0.29, 0.717) is 6.04 Å². The lowest BCUT2D eigenvalue weighted by Gasteiger charge is -2.31. The highest BCUT2D eigenvalue weighted by molar-refractivity contribution is 14.1. The Kier molecular flexibility index (Phi) is 5.03. The van der Waals surface area contributed by atoms with Crippen LogP contribution in [0.5, 0.6) is 0 Å². The number of fused-ring (bicyclic) bond motifs is 1. The number of hydrogen-bond donors (Lipinski definition) is 1. The van der Waals surface area contributed by atoms with E-state index >= 15 is 0 Å². The summed E-state index contributed by atoms with van der Waals surface area (Å²) in [6.45, 7) is 4.46. The van der Waals surface area contributed by atoms with Gasteiger partial charge in [0.1, 0.15) is 0 Å². The van der Waals surface area contributed by atoms with Gasteiger partial charge in [-0.05, 0) is 78.2 Å². The van der Waals surface area contributed by atoms with E-state index in [0.717, 1.165) is 25.9 Å². The molecule has 1 aliphatic rings. The molecule has 3 heteroatoms. The average Bonchev–Trinajstić information content (AvgIpc) is 2.79. The van der Waals surface area contributed by atoms with E-state index in [1.807, 2.05) is 0 Å². The smallest absolute Gasteiger partial charge is 0.0540 e. The molecule has 1 atom stereocenters. The van der Waals surface area contributed by atoms with Crippen molar-refractivity contribution in [1.82, 2.24) is 5.32 Å². The van der Waals surface area contributed by atoms with E-state index < -0.39 is 0 Å². The summed E-state index contributed by atoms with van der Waals surface area (Å²) in [5.41, 5.74) is 5.82. The molecule has 2 aromatic carbocycles. The normalized spacial score (nSPS) is 15.8. The molecule has 0 radical (unpaired) electrons. The van der Waals surface area contributed by atoms with Gasteiger partial charge in [0.05, 0.1) is 11.7 Å². The minimum Gasteiger partial charge on any atom is -0.367 e. The number of nitrogens with zero attached hydrogens (tertiary/aromatic N) is 1. The molecular formula is C19H23IN2. The molecule has 0 spiro atoms. The monoisotopic (exact) mass is 406 g/mol. The number of rotatable bonds is 3. The van der Waals surface area contributed by atoms with Crippen LogP contribution in [0.25, 0.3) is 0 Å². The maximum absolute atomic E-state index is 3.52. The summed E-state index contributed by atoms with van der Waals surface area (Å²) in [5, 5.41) is 3.52. The lowest BCUT2D eigenvalue weighted by Crippen LogP contribution is -2.24. The Morgan fingerprint density at radius 1 is 1.05 bits per heavy atom. The van der Waals surface area contributed by atoms with Gasteiger partial charge in [0, 0.05) is 10.6 Å². The van der Waals surface area contributed by atoms with E-state index in [1.54, 1.807) is 0 Å². The number of hydrogen-bond acceptors (Lipinski definition) is 2. The topological polar surface area (TPSA) is 15.3 Å². The summed E-state index contributed by atoms with van der Waals surface area (Å²) < 4.78 is 1.35. The molecular weight excluding hydrogens is 383 g/mol. The lowest BCUT2D eigenvalue weighted by atomic mass is 9.98. The maximum Gasteiger partial charge on any atom is 0.0540 e. The second kappa shape index (κ2) is 7.01.